The van der Waals surface area contributed by atoms with Crippen LogP contribution in [0.15, 0.2) is 24.3 Å². The quantitative estimate of drug-likeness (QED) is 0.850. The number of amides is 1. The molecule has 3 heteroatoms. The highest BCUT2D eigenvalue weighted by atomic mass is 16.2. The fourth-order valence-corrected chi connectivity index (χ4v) is 1.64. The lowest BCUT2D eigenvalue weighted by atomic mass is 10.1. The van der Waals surface area contributed by atoms with Crippen molar-refractivity contribution in [2.24, 2.45) is 11.7 Å². The van der Waals surface area contributed by atoms with Crippen LogP contribution in [0.25, 0.3) is 0 Å². The second kappa shape index (κ2) is 6.40. The first-order valence-electron chi connectivity index (χ1n) is 6.08. The summed E-state index contributed by atoms with van der Waals surface area (Å²) in [6, 6.07) is 7.97. The van der Waals surface area contributed by atoms with Gasteiger partial charge in [-0.05, 0) is 43.5 Å². The molecule has 0 aliphatic rings. The number of hydrogen-bond donors (Lipinski definition) is 1. The zero-order valence-corrected chi connectivity index (χ0v) is 10.9. The molecule has 0 fully saturated rings. The Morgan fingerprint density at radius 1 is 1.47 bits per heavy atom. The summed E-state index contributed by atoms with van der Waals surface area (Å²) in [5, 5.41) is 0. The molecule has 17 heavy (non-hydrogen) atoms. The second-order valence-corrected chi connectivity index (χ2v) is 4.67. The van der Waals surface area contributed by atoms with Crippen molar-refractivity contribution in [1.82, 2.24) is 0 Å². The van der Waals surface area contributed by atoms with Gasteiger partial charge in [0.25, 0.3) is 0 Å². The van der Waals surface area contributed by atoms with Crippen LogP contribution in [0.5, 0.6) is 0 Å². The number of nitrogens with two attached hydrogens (primary N) is 1. The van der Waals surface area contributed by atoms with Crippen molar-refractivity contribution in [2.45, 2.75) is 26.7 Å². The predicted molar refractivity (Wildman–Crippen MR) is 72.0 cm³/mol. The number of carbonyl (C=O) groups is 1. The van der Waals surface area contributed by atoms with E-state index >= 15 is 0 Å². The van der Waals surface area contributed by atoms with Crippen LogP contribution in [0.4, 0.5) is 5.69 Å². The van der Waals surface area contributed by atoms with Gasteiger partial charge in [0, 0.05) is 19.2 Å². The summed E-state index contributed by atoms with van der Waals surface area (Å²) in [6.07, 6.45) is 1.41. The molecule has 3 nitrogen and oxygen atoms in total. The van der Waals surface area contributed by atoms with Gasteiger partial charge in [-0.25, -0.2) is 0 Å². The zero-order chi connectivity index (χ0) is 12.8. The molecule has 1 unspecified atom stereocenters. The molecule has 0 bridgehead atoms. The molecule has 0 aliphatic heterocycles. The van der Waals surface area contributed by atoms with Crippen molar-refractivity contribution in [3.8, 4) is 0 Å². The van der Waals surface area contributed by atoms with E-state index in [4.69, 9.17) is 5.73 Å². The number of rotatable bonds is 5. The Bertz CT molecular complexity index is 376. The van der Waals surface area contributed by atoms with Crippen LogP contribution >= 0.6 is 0 Å². The van der Waals surface area contributed by atoms with Gasteiger partial charge in [0.1, 0.15) is 0 Å². The van der Waals surface area contributed by atoms with Crippen molar-refractivity contribution in [1.29, 1.82) is 0 Å². The lowest BCUT2D eigenvalue weighted by Gasteiger charge is -2.18. The van der Waals surface area contributed by atoms with Gasteiger partial charge >= 0.3 is 0 Å². The average molecular weight is 234 g/mol. The van der Waals surface area contributed by atoms with E-state index < -0.39 is 0 Å². The largest absolute Gasteiger partial charge is 0.330 e. The number of nitrogens with zero attached hydrogens (tertiary/aromatic N) is 1. The number of benzene rings is 1. The lowest BCUT2D eigenvalue weighted by molar-refractivity contribution is -0.118. The third kappa shape index (κ3) is 4.19. The number of anilines is 1. The molecule has 1 atom stereocenters. The van der Waals surface area contributed by atoms with E-state index in [1.807, 2.05) is 38.2 Å². The van der Waals surface area contributed by atoms with E-state index in [2.05, 4.69) is 6.92 Å². The monoisotopic (exact) mass is 234 g/mol. The highest BCUT2D eigenvalue weighted by Gasteiger charge is 2.12. The Hall–Kier alpha value is -1.35. The van der Waals surface area contributed by atoms with Gasteiger partial charge < -0.3 is 10.6 Å². The van der Waals surface area contributed by atoms with Gasteiger partial charge in [-0.15, -0.1) is 0 Å². The van der Waals surface area contributed by atoms with E-state index in [1.165, 1.54) is 0 Å². The molecular formula is C14H22N2O. The first-order chi connectivity index (χ1) is 8.04. The SMILES string of the molecule is Cc1cccc(N(C)C(=O)CCC(C)CN)c1. The van der Waals surface area contributed by atoms with E-state index in [-0.39, 0.29) is 5.91 Å². The van der Waals surface area contributed by atoms with Crippen molar-refractivity contribution in [3.63, 3.8) is 0 Å². The maximum atomic E-state index is 12.0. The Kier molecular flexibility index (Phi) is 5.16. The molecule has 1 amide bonds. The molecule has 0 saturated carbocycles. The van der Waals surface area contributed by atoms with Crippen LogP contribution in [0.2, 0.25) is 0 Å². The summed E-state index contributed by atoms with van der Waals surface area (Å²) in [4.78, 5) is 13.7. The van der Waals surface area contributed by atoms with Gasteiger partial charge in [-0.2, -0.15) is 0 Å². The summed E-state index contributed by atoms with van der Waals surface area (Å²) in [6.45, 7) is 4.74. The van der Waals surface area contributed by atoms with E-state index in [0.29, 0.717) is 18.9 Å². The third-order valence-corrected chi connectivity index (χ3v) is 3.02. The topological polar surface area (TPSA) is 46.3 Å². The van der Waals surface area contributed by atoms with E-state index in [9.17, 15) is 4.79 Å². The minimum Gasteiger partial charge on any atom is -0.330 e. The highest BCUT2D eigenvalue weighted by molar-refractivity contribution is 5.92. The first-order valence-corrected chi connectivity index (χ1v) is 6.08. The summed E-state index contributed by atoms with van der Waals surface area (Å²) < 4.78 is 0. The highest BCUT2D eigenvalue weighted by Crippen LogP contribution is 2.16. The summed E-state index contributed by atoms with van der Waals surface area (Å²) >= 11 is 0. The van der Waals surface area contributed by atoms with E-state index in [1.54, 1.807) is 4.90 Å². The molecule has 0 aromatic heterocycles. The van der Waals surface area contributed by atoms with Gasteiger partial charge in [0.15, 0.2) is 0 Å². The van der Waals surface area contributed by atoms with Crippen LogP contribution in [-0.4, -0.2) is 19.5 Å². The molecule has 0 heterocycles. The van der Waals surface area contributed by atoms with Crippen LogP contribution in [0.3, 0.4) is 0 Å². The second-order valence-electron chi connectivity index (χ2n) is 4.67. The third-order valence-electron chi connectivity index (χ3n) is 3.02. The number of hydrogen-bond acceptors (Lipinski definition) is 2. The standard InChI is InChI=1S/C14H22N2O/c1-11-5-4-6-13(9-11)16(3)14(17)8-7-12(2)10-15/h4-6,9,12H,7-8,10,15H2,1-3H3. The Morgan fingerprint density at radius 2 is 2.18 bits per heavy atom. The molecule has 0 radical (unpaired) electrons. The number of carbonyl (C=O) groups excluding carboxylic acids is 1. The van der Waals surface area contributed by atoms with Gasteiger partial charge in [-0.1, -0.05) is 19.1 Å². The van der Waals surface area contributed by atoms with Crippen LogP contribution in [0.1, 0.15) is 25.3 Å². The summed E-state index contributed by atoms with van der Waals surface area (Å²) in [5.74, 6) is 0.556. The van der Waals surface area contributed by atoms with Crippen LogP contribution in [0, 0.1) is 12.8 Å². The molecule has 94 valence electrons. The molecule has 1 rings (SSSR count). The summed E-state index contributed by atoms with van der Waals surface area (Å²) in [5.41, 5.74) is 7.66. The van der Waals surface area contributed by atoms with Crippen LogP contribution in [-0.2, 0) is 4.79 Å². The molecule has 0 saturated heterocycles. The van der Waals surface area contributed by atoms with Crippen molar-refractivity contribution in [2.75, 3.05) is 18.5 Å². The number of aryl methyl sites for hydroxylation is 1. The minimum absolute atomic E-state index is 0.149. The normalized spacial score (nSPS) is 12.2. The molecule has 1 aromatic rings. The zero-order valence-electron chi connectivity index (χ0n) is 10.9. The molecule has 0 spiro atoms. The minimum atomic E-state index is 0.149. The molecule has 2 N–H and O–H groups in total. The maximum Gasteiger partial charge on any atom is 0.226 e. The smallest absolute Gasteiger partial charge is 0.226 e. The maximum absolute atomic E-state index is 12.0. The molecular weight excluding hydrogens is 212 g/mol. The fraction of sp³-hybridized carbons (Fsp3) is 0.500. The van der Waals surface area contributed by atoms with E-state index in [0.717, 1.165) is 17.7 Å². The van der Waals surface area contributed by atoms with Crippen LogP contribution < -0.4 is 10.6 Å². The lowest BCUT2D eigenvalue weighted by Crippen LogP contribution is -2.27. The van der Waals surface area contributed by atoms with Crippen molar-refractivity contribution in [3.05, 3.63) is 29.8 Å². The Morgan fingerprint density at radius 3 is 2.76 bits per heavy atom. The fourth-order valence-electron chi connectivity index (χ4n) is 1.64. The van der Waals surface area contributed by atoms with Gasteiger partial charge in [0.05, 0.1) is 0 Å². The van der Waals surface area contributed by atoms with Crippen molar-refractivity contribution >= 4 is 11.6 Å². The average Bonchev–Trinajstić information content (AvgIpc) is 2.34. The van der Waals surface area contributed by atoms with Crippen molar-refractivity contribution < 1.29 is 4.79 Å². The Balaban J connectivity index is 2.57. The van der Waals surface area contributed by atoms with Gasteiger partial charge in [-0.3, -0.25) is 4.79 Å². The predicted octanol–water partition coefficient (Wildman–Crippen LogP) is 2.33. The Labute approximate surface area is 104 Å². The first kappa shape index (κ1) is 13.7. The summed E-state index contributed by atoms with van der Waals surface area (Å²) in [7, 11) is 1.82. The molecule has 1 aromatic carbocycles. The van der Waals surface area contributed by atoms with Gasteiger partial charge in [0.2, 0.25) is 5.91 Å². The molecule has 0 aliphatic carbocycles.